The number of halogens is 1. The second-order valence-electron chi connectivity index (χ2n) is 4.43. The fraction of sp³-hybridized carbons (Fsp3) is 0.286. The van der Waals surface area contributed by atoms with Crippen LogP contribution in [0.2, 0.25) is 0 Å². The molecule has 1 heterocycles. The Morgan fingerprint density at radius 3 is 2.35 bits per heavy atom. The SMILES string of the molecule is CN(C)[N+]1(Cc2ccccc2)C=CC=CC1.[Cl-]. The number of quaternary nitrogens is 1. The molecule has 2 rings (SSSR count). The van der Waals surface area contributed by atoms with Crippen LogP contribution in [0.25, 0.3) is 0 Å². The largest absolute Gasteiger partial charge is 1.00 e. The van der Waals surface area contributed by atoms with Gasteiger partial charge >= 0.3 is 0 Å². The summed E-state index contributed by atoms with van der Waals surface area (Å²) in [6.07, 6.45) is 8.73. The van der Waals surface area contributed by atoms with Crippen LogP contribution in [0, 0.1) is 0 Å². The second-order valence-corrected chi connectivity index (χ2v) is 4.43. The molecule has 1 aliphatic rings. The van der Waals surface area contributed by atoms with Crippen LogP contribution in [0.1, 0.15) is 5.56 Å². The lowest BCUT2D eigenvalue weighted by Crippen LogP contribution is -3.00. The number of rotatable bonds is 3. The summed E-state index contributed by atoms with van der Waals surface area (Å²) in [5, 5.41) is 2.26. The first-order valence-electron chi connectivity index (χ1n) is 5.66. The average molecular weight is 251 g/mol. The van der Waals surface area contributed by atoms with Crippen LogP contribution >= 0.6 is 0 Å². The van der Waals surface area contributed by atoms with E-state index >= 15 is 0 Å². The first kappa shape index (κ1) is 14.0. The minimum atomic E-state index is 0. The fourth-order valence-electron chi connectivity index (χ4n) is 2.05. The lowest BCUT2D eigenvalue weighted by Gasteiger charge is -2.39. The molecule has 0 bridgehead atoms. The summed E-state index contributed by atoms with van der Waals surface area (Å²) < 4.78 is 0.862. The summed E-state index contributed by atoms with van der Waals surface area (Å²) in [5.74, 6) is 0. The molecule has 0 aliphatic carbocycles. The smallest absolute Gasteiger partial charge is 0.127 e. The van der Waals surface area contributed by atoms with Crippen molar-refractivity contribution in [1.29, 1.82) is 0 Å². The van der Waals surface area contributed by atoms with Crippen molar-refractivity contribution >= 4 is 0 Å². The maximum Gasteiger partial charge on any atom is 0.127 e. The Kier molecular flexibility index (Phi) is 4.94. The van der Waals surface area contributed by atoms with Gasteiger partial charge in [0.2, 0.25) is 0 Å². The second kappa shape index (κ2) is 6.01. The predicted octanol–water partition coefficient (Wildman–Crippen LogP) is -0.432. The summed E-state index contributed by atoms with van der Waals surface area (Å²) in [6, 6.07) is 10.6. The van der Waals surface area contributed by atoms with Gasteiger partial charge in [-0.2, -0.15) is 5.01 Å². The highest BCUT2D eigenvalue weighted by molar-refractivity contribution is 5.14. The van der Waals surface area contributed by atoms with Crippen LogP contribution in [0.5, 0.6) is 0 Å². The quantitative estimate of drug-likeness (QED) is 0.658. The van der Waals surface area contributed by atoms with Gasteiger partial charge in [0.05, 0.1) is 0 Å². The number of allylic oxidation sites excluding steroid dienone is 2. The van der Waals surface area contributed by atoms with Gasteiger partial charge in [-0.3, -0.25) is 0 Å². The van der Waals surface area contributed by atoms with Gasteiger partial charge in [-0.25, -0.2) is 4.59 Å². The standard InChI is InChI=1S/C14H19N2.ClH/c1-15(2)16(11-7-4-8-12-16)13-14-9-5-3-6-10-14;/h3-11H,12-13H2,1-2H3;1H/q+1;/p-1. The Morgan fingerprint density at radius 2 is 1.82 bits per heavy atom. The molecule has 1 atom stereocenters. The Hall–Kier alpha value is -1.09. The number of hydrogen-bond donors (Lipinski definition) is 0. The Labute approximate surface area is 110 Å². The van der Waals surface area contributed by atoms with Gasteiger partial charge in [0.15, 0.2) is 0 Å². The normalized spacial score (nSPS) is 22.5. The van der Waals surface area contributed by atoms with E-state index in [0.717, 1.165) is 17.7 Å². The topological polar surface area (TPSA) is 3.24 Å². The van der Waals surface area contributed by atoms with Crippen LogP contribution in [0.15, 0.2) is 54.8 Å². The third-order valence-corrected chi connectivity index (χ3v) is 3.13. The molecule has 0 saturated heterocycles. The van der Waals surface area contributed by atoms with Crippen LogP contribution in [-0.2, 0) is 6.54 Å². The maximum absolute atomic E-state index is 2.26. The van der Waals surface area contributed by atoms with Crippen molar-refractivity contribution < 1.29 is 17.0 Å². The zero-order valence-corrected chi connectivity index (χ0v) is 11.1. The summed E-state index contributed by atoms with van der Waals surface area (Å²) in [5.41, 5.74) is 1.37. The molecule has 3 heteroatoms. The van der Waals surface area contributed by atoms with E-state index in [2.05, 4.69) is 73.9 Å². The summed E-state index contributed by atoms with van der Waals surface area (Å²) in [7, 11) is 4.26. The molecule has 1 aromatic carbocycles. The first-order chi connectivity index (χ1) is 7.73. The molecule has 0 spiro atoms. The highest BCUT2D eigenvalue weighted by Gasteiger charge is 2.28. The lowest BCUT2D eigenvalue weighted by molar-refractivity contribution is -0.994. The van der Waals surface area contributed by atoms with Crippen molar-refractivity contribution in [3.8, 4) is 0 Å². The van der Waals surface area contributed by atoms with Gasteiger partial charge in [-0.05, 0) is 12.2 Å². The van der Waals surface area contributed by atoms with Crippen molar-refractivity contribution in [3.63, 3.8) is 0 Å². The van der Waals surface area contributed by atoms with Crippen LogP contribution in [0.4, 0.5) is 0 Å². The minimum Gasteiger partial charge on any atom is -1.00 e. The Morgan fingerprint density at radius 1 is 1.12 bits per heavy atom. The van der Waals surface area contributed by atoms with E-state index in [-0.39, 0.29) is 12.4 Å². The van der Waals surface area contributed by atoms with Crippen molar-refractivity contribution in [2.75, 3.05) is 20.6 Å². The highest BCUT2D eigenvalue weighted by Crippen LogP contribution is 2.20. The van der Waals surface area contributed by atoms with E-state index in [1.807, 2.05) is 0 Å². The van der Waals surface area contributed by atoms with Crippen molar-refractivity contribution in [3.05, 3.63) is 60.3 Å². The molecular weight excluding hydrogens is 232 g/mol. The third kappa shape index (κ3) is 3.19. The number of nitrogens with zero attached hydrogens (tertiary/aromatic N) is 2. The van der Waals surface area contributed by atoms with Gasteiger partial charge < -0.3 is 12.4 Å². The van der Waals surface area contributed by atoms with Gasteiger partial charge in [-0.1, -0.05) is 36.4 Å². The molecule has 0 N–H and O–H groups in total. The molecule has 1 aromatic rings. The van der Waals surface area contributed by atoms with E-state index in [1.165, 1.54) is 5.56 Å². The summed E-state index contributed by atoms with van der Waals surface area (Å²) >= 11 is 0. The molecule has 0 amide bonds. The zero-order valence-electron chi connectivity index (χ0n) is 10.4. The van der Waals surface area contributed by atoms with Crippen molar-refractivity contribution in [2.24, 2.45) is 0 Å². The first-order valence-corrected chi connectivity index (χ1v) is 5.66. The number of hydrogen-bond acceptors (Lipinski definition) is 1. The lowest BCUT2D eigenvalue weighted by atomic mass is 10.2. The predicted molar refractivity (Wildman–Crippen MR) is 67.2 cm³/mol. The van der Waals surface area contributed by atoms with Crippen LogP contribution in [0.3, 0.4) is 0 Å². The molecule has 0 fully saturated rings. The molecule has 2 nitrogen and oxygen atoms in total. The minimum absolute atomic E-state index is 0. The third-order valence-electron chi connectivity index (χ3n) is 3.13. The Balaban J connectivity index is 0.00000144. The molecule has 0 saturated carbocycles. The van der Waals surface area contributed by atoms with Gasteiger partial charge in [-0.15, -0.1) is 0 Å². The van der Waals surface area contributed by atoms with Crippen LogP contribution < -0.4 is 12.4 Å². The summed E-state index contributed by atoms with van der Waals surface area (Å²) in [4.78, 5) is 0. The molecule has 0 aromatic heterocycles. The van der Waals surface area contributed by atoms with E-state index < -0.39 is 0 Å². The highest BCUT2D eigenvalue weighted by atomic mass is 35.5. The van der Waals surface area contributed by atoms with Crippen molar-refractivity contribution in [1.82, 2.24) is 5.01 Å². The molecular formula is C14H19ClN2. The van der Waals surface area contributed by atoms with E-state index in [9.17, 15) is 0 Å². The monoisotopic (exact) mass is 250 g/mol. The van der Waals surface area contributed by atoms with Gasteiger partial charge in [0.25, 0.3) is 0 Å². The molecule has 92 valence electrons. The van der Waals surface area contributed by atoms with E-state index in [1.54, 1.807) is 0 Å². The van der Waals surface area contributed by atoms with Crippen molar-refractivity contribution in [2.45, 2.75) is 6.54 Å². The van der Waals surface area contributed by atoms with Gasteiger partial charge in [0.1, 0.15) is 19.3 Å². The molecule has 1 unspecified atom stereocenters. The number of benzene rings is 1. The maximum atomic E-state index is 2.26. The van der Waals surface area contributed by atoms with Gasteiger partial charge in [0, 0.05) is 19.7 Å². The average Bonchev–Trinajstić information content (AvgIpc) is 2.31. The molecule has 0 radical (unpaired) electrons. The summed E-state index contributed by atoms with van der Waals surface area (Å²) in [6.45, 7) is 2.03. The van der Waals surface area contributed by atoms with E-state index in [0.29, 0.717) is 0 Å². The van der Waals surface area contributed by atoms with E-state index in [4.69, 9.17) is 0 Å². The molecule has 1 aliphatic heterocycles. The fourth-order valence-corrected chi connectivity index (χ4v) is 2.05. The van der Waals surface area contributed by atoms with Crippen LogP contribution in [-0.4, -0.2) is 30.2 Å². The Bertz CT molecular complexity index is 398. The zero-order chi connectivity index (χ0) is 11.4. The molecule has 17 heavy (non-hydrogen) atoms.